The molecule has 0 radical (unpaired) electrons. The predicted octanol–water partition coefficient (Wildman–Crippen LogP) is 0.707. The quantitative estimate of drug-likeness (QED) is 0.364. The van der Waals surface area contributed by atoms with Gasteiger partial charge in [0.15, 0.2) is 18.4 Å². The van der Waals surface area contributed by atoms with Gasteiger partial charge in [0.1, 0.15) is 22.4 Å². The fraction of sp³-hybridized carbons (Fsp3) is 0.900. The van der Waals surface area contributed by atoms with Crippen LogP contribution in [0.25, 0.3) is 0 Å². The highest BCUT2D eigenvalue weighted by Crippen LogP contribution is 2.54. The third kappa shape index (κ3) is 3.89. The summed E-state index contributed by atoms with van der Waals surface area (Å²) in [7, 11) is 1.25. The topological polar surface area (TPSA) is 132 Å². The molecule has 1 fully saturated rings. The summed E-state index contributed by atoms with van der Waals surface area (Å²) in [6, 6.07) is 0. The second kappa shape index (κ2) is 7.64. The van der Waals surface area contributed by atoms with Crippen LogP contribution in [0.3, 0.4) is 0 Å². The zero-order valence-electron chi connectivity index (χ0n) is 18.9. The molecule has 170 valence electrons. The molecule has 0 saturated carbocycles. The molecule has 9 heteroatoms. The molecule has 0 spiro atoms. The maximum absolute atomic E-state index is 11.7. The van der Waals surface area contributed by atoms with Gasteiger partial charge in [0.2, 0.25) is 5.79 Å². The molecule has 0 bridgehead atoms. The van der Waals surface area contributed by atoms with E-state index in [1.807, 2.05) is 0 Å². The van der Waals surface area contributed by atoms with Crippen LogP contribution in [0.1, 0.15) is 61.8 Å². The third-order valence-electron chi connectivity index (χ3n) is 6.84. The molecule has 0 aromatic rings. The molecule has 1 aliphatic heterocycles. The first-order valence-electron chi connectivity index (χ1n) is 9.56. The van der Waals surface area contributed by atoms with Gasteiger partial charge in [0.25, 0.3) is 0 Å². The molecule has 1 heterocycles. The monoisotopic (exact) mass is 420 g/mol. The Morgan fingerprint density at radius 2 is 1.45 bits per heavy atom. The molecule has 1 saturated heterocycles. The van der Waals surface area contributed by atoms with Gasteiger partial charge in [-0.25, -0.2) is 0 Å². The molecule has 3 N–H and O–H groups in total. The van der Waals surface area contributed by atoms with Crippen LogP contribution in [0.4, 0.5) is 0 Å². The fourth-order valence-corrected chi connectivity index (χ4v) is 3.59. The highest BCUT2D eigenvalue weighted by Gasteiger charge is 2.74. The minimum atomic E-state index is -2.10. The first-order chi connectivity index (χ1) is 12.9. The lowest BCUT2D eigenvalue weighted by Crippen LogP contribution is -2.84. The van der Waals surface area contributed by atoms with Crippen molar-refractivity contribution in [1.82, 2.24) is 0 Å². The second-order valence-corrected chi connectivity index (χ2v) is 9.01. The van der Waals surface area contributed by atoms with Gasteiger partial charge in [-0.05, 0) is 54.9 Å². The minimum absolute atomic E-state index is 0.291. The summed E-state index contributed by atoms with van der Waals surface area (Å²) in [4.78, 5) is 23.0. The molecule has 0 aromatic carbocycles. The van der Waals surface area contributed by atoms with Crippen molar-refractivity contribution in [3.05, 3.63) is 0 Å². The van der Waals surface area contributed by atoms with Crippen molar-refractivity contribution in [2.45, 2.75) is 101 Å². The smallest absolute Gasteiger partial charge is 0.223 e. The lowest BCUT2D eigenvalue weighted by atomic mass is 9.60. The number of carbonyl (C=O) groups is 2. The van der Waals surface area contributed by atoms with Crippen molar-refractivity contribution in [2.24, 2.45) is 0 Å². The van der Waals surface area contributed by atoms with E-state index in [1.54, 1.807) is 13.8 Å². The Morgan fingerprint density at radius 3 is 1.83 bits per heavy atom. The summed E-state index contributed by atoms with van der Waals surface area (Å²) in [6.45, 7) is 11.0. The van der Waals surface area contributed by atoms with Crippen LogP contribution in [-0.2, 0) is 28.5 Å². The van der Waals surface area contributed by atoms with Gasteiger partial charge in [0.05, 0.1) is 12.2 Å². The number of rotatable bonds is 9. The van der Waals surface area contributed by atoms with E-state index < -0.39 is 46.2 Å². The molecular formula is C20H36O9. The number of aldehydes is 2. The molecule has 1 rings (SSSR count). The number of carbonyl (C=O) groups excluding carboxylic acids is 2. The normalized spacial score (nSPS) is 44.6. The van der Waals surface area contributed by atoms with Gasteiger partial charge in [-0.1, -0.05) is 6.92 Å². The van der Waals surface area contributed by atoms with Crippen LogP contribution < -0.4 is 0 Å². The average molecular weight is 420 g/mol. The minimum Gasteiger partial charge on any atom is -0.384 e. The second-order valence-electron chi connectivity index (χ2n) is 9.01. The fourth-order valence-electron chi connectivity index (χ4n) is 3.59. The van der Waals surface area contributed by atoms with Gasteiger partial charge in [-0.2, -0.15) is 0 Å². The summed E-state index contributed by atoms with van der Waals surface area (Å²) >= 11 is 0. The zero-order chi connectivity index (χ0) is 23.2. The molecular weight excluding hydrogens is 384 g/mol. The van der Waals surface area contributed by atoms with E-state index >= 15 is 0 Å². The molecule has 0 aliphatic carbocycles. The van der Waals surface area contributed by atoms with Crippen LogP contribution in [0.15, 0.2) is 0 Å². The van der Waals surface area contributed by atoms with Crippen LogP contribution in [0.2, 0.25) is 0 Å². The van der Waals surface area contributed by atoms with Gasteiger partial charge < -0.3 is 39.1 Å². The number of methoxy groups -OCH3 is 1. The Labute approximate surface area is 172 Å². The molecule has 9 nitrogen and oxygen atoms in total. The highest BCUT2D eigenvalue weighted by atomic mass is 16.7. The molecule has 1 aliphatic rings. The number of aliphatic hydroxyl groups is 3. The maximum atomic E-state index is 11.7. The largest absolute Gasteiger partial charge is 0.384 e. The van der Waals surface area contributed by atoms with Crippen molar-refractivity contribution in [1.29, 1.82) is 0 Å². The first-order valence-corrected chi connectivity index (χ1v) is 9.56. The van der Waals surface area contributed by atoms with Crippen molar-refractivity contribution < 1.29 is 43.9 Å². The van der Waals surface area contributed by atoms with Crippen LogP contribution >= 0.6 is 0 Å². The Morgan fingerprint density at radius 1 is 0.931 bits per heavy atom. The molecule has 7 atom stereocenters. The summed E-state index contributed by atoms with van der Waals surface area (Å²) in [5.41, 5.74) is -8.92. The van der Waals surface area contributed by atoms with Crippen molar-refractivity contribution in [3.63, 3.8) is 0 Å². The lowest BCUT2D eigenvalue weighted by Gasteiger charge is -2.65. The molecule has 29 heavy (non-hydrogen) atoms. The lowest BCUT2D eigenvalue weighted by molar-refractivity contribution is -0.458. The zero-order valence-corrected chi connectivity index (χ0v) is 18.9. The van der Waals surface area contributed by atoms with Crippen LogP contribution in [0, 0.1) is 0 Å². The number of hydrogen-bond donors (Lipinski definition) is 3. The summed E-state index contributed by atoms with van der Waals surface area (Å²) in [5, 5.41) is 33.4. The van der Waals surface area contributed by atoms with Gasteiger partial charge in [-0.15, -0.1) is 0 Å². The van der Waals surface area contributed by atoms with Crippen molar-refractivity contribution >= 4 is 12.6 Å². The molecule has 0 amide bonds. The summed E-state index contributed by atoms with van der Waals surface area (Å²) in [5.74, 6) is -3.54. The predicted molar refractivity (Wildman–Crippen MR) is 103 cm³/mol. The standard InChI is InChI=1S/C20H36O9/c1-10-15(3)17(5,23)18(6,24)19(7,25)20(8,29-15)27-13-14(2,11-21)28-16(4,12-22)26-9/h11-12,23-25H,10,13H2,1-9H3/t14?,15?,16-,17-,18-,19?,20-/m0/s1. The number of hydrogen-bond acceptors (Lipinski definition) is 9. The third-order valence-corrected chi connectivity index (χ3v) is 6.84. The van der Waals surface area contributed by atoms with E-state index in [2.05, 4.69) is 0 Å². The SMILES string of the molecule is CCC1(C)O[C@](C)(OCC(C)(C=O)O[C@@](C)(C=O)OC)C(C)(O)[C@@](C)(O)[C@@]1(C)O. The van der Waals surface area contributed by atoms with E-state index in [0.29, 0.717) is 19.0 Å². The van der Waals surface area contributed by atoms with E-state index in [9.17, 15) is 24.9 Å². The Kier molecular flexibility index (Phi) is 6.87. The first kappa shape index (κ1) is 26.1. The highest BCUT2D eigenvalue weighted by molar-refractivity contribution is 5.65. The van der Waals surface area contributed by atoms with Crippen LogP contribution in [-0.4, -0.2) is 81.2 Å². The van der Waals surface area contributed by atoms with E-state index in [0.717, 1.165) is 0 Å². The Bertz CT molecular complexity index is 631. The van der Waals surface area contributed by atoms with Gasteiger partial charge in [0, 0.05) is 7.11 Å². The van der Waals surface area contributed by atoms with E-state index in [-0.39, 0.29) is 0 Å². The maximum Gasteiger partial charge on any atom is 0.223 e. The average Bonchev–Trinajstić information content (AvgIpc) is 2.64. The Hall–Kier alpha value is -0.940. The van der Waals surface area contributed by atoms with E-state index in [4.69, 9.17) is 18.9 Å². The van der Waals surface area contributed by atoms with Gasteiger partial charge in [-0.3, -0.25) is 4.79 Å². The van der Waals surface area contributed by atoms with Crippen molar-refractivity contribution in [2.75, 3.05) is 13.7 Å². The molecule has 3 unspecified atom stereocenters. The van der Waals surface area contributed by atoms with Gasteiger partial charge >= 0.3 is 0 Å². The number of ether oxygens (including phenoxy) is 4. The summed E-state index contributed by atoms with van der Waals surface area (Å²) < 4.78 is 22.4. The molecule has 0 aromatic heterocycles. The van der Waals surface area contributed by atoms with Crippen molar-refractivity contribution in [3.8, 4) is 0 Å². The Balaban J connectivity index is 3.31. The van der Waals surface area contributed by atoms with E-state index in [1.165, 1.54) is 48.7 Å². The summed E-state index contributed by atoms with van der Waals surface area (Å²) in [6.07, 6.45) is 1.14. The van der Waals surface area contributed by atoms with Crippen LogP contribution in [0.5, 0.6) is 0 Å².